The van der Waals surface area contributed by atoms with Crippen LogP contribution in [0.3, 0.4) is 0 Å². The van der Waals surface area contributed by atoms with Crippen LogP contribution in [-0.2, 0) is 14.8 Å². The molecule has 0 aliphatic carbocycles. The molecule has 0 aromatic heterocycles. The van der Waals surface area contributed by atoms with Gasteiger partial charge in [-0.15, -0.1) is 0 Å². The molecule has 1 rings (SSSR count). The van der Waals surface area contributed by atoms with Gasteiger partial charge in [0, 0.05) is 13.2 Å². The van der Waals surface area contributed by atoms with Crippen LogP contribution in [0.1, 0.15) is 32.6 Å². The van der Waals surface area contributed by atoms with Gasteiger partial charge in [-0.2, -0.15) is 0 Å². The van der Waals surface area contributed by atoms with Crippen LogP contribution in [-0.4, -0.2) is 46.5 Å². The highest BCUT2D eigenvalue weighted by Crippen LogP contribution is 2.14. The number of nitrogens with one attached hydrogen (secondary N) is 2. The molecule has 1 aliphatic rings. The first kappa shape index (κ1) is 14.9. The largest absolute Gasteiger partial charge is 0.378 e. The SMILES string of the molecule is CCNCCCS(=O)(=O)NCCC1CCCO1. The fourth-order valence-electron chi connectivity index (χ4n) is 1.88. The third-order valence-corrected chi connectivity index (χ3v) is 4.30. The molecular formula is C11H24N2O3S. The van der Waals surface area contributed by atoms with Gasteiger partial charge in [0.25, 0.3) is 0 Å². The van der Waals surface area contributed by atoms with Gasteiger partial charge in [0.05, 0.1) is 11.9 Å². The van der Waals surface area contributed by atoms with Crippen LogP contribution in [0.5, 0.6) is 0 Å². The van der Waals surface area contributed by atoms with E-state index < -0.39 is 10.0 Å². The third kappa shape index (κ3) is 6.98. The molecule has 1 atom stereocenters. The Kier molecular flexibility index (Phi) is 7.03. The summed E-state index contributed by atoms with van der Waals surface area (Å²) in [5, 5.41) is 3.11. The topological polar surface area (TPSA) is 67.4 Å². The molecule has 0 aromatic rings. The number of ether oxygens (including phenoxy) is 1. The van der Waals surface area contributed by atoms with E-state index in [0.29, 0.717) is 13.0 Å². The minimum Gasteiger partial charge on any atom is -0.378 e. The average Bonchev–Trinajstić information content (AvgIpc) is 2.77. The summed E-state index contributed by atoms with van der Waals surface area (Å²) in [5.74, 6) is 0.200. The van der Waals surface area contributed by atoms with Crippen molar-refractivity contribution >= 4 is 10.0 Å². The van der Waals surface area contributed by atoms with E-state index in [1.807, 2.05) is 6.92 Å². The van der Waals surface area contributed by atoms with Crippen molar-refractivity contribution in [2.45, 2.75) is 38.7 Å². The zero-order chi connectivity index (χ0) is 12.6. The Bertz CT molecular complexity index is 287. The maximum Gasteiger partial charge on any atom is 0.211 e. The first-order chi connectivity index (χ1) is 8.14. The summed E-state index contributed by atoms with van der Waals surface area (Å²) in [6.45, 7) is 4.96. The first-order valence-electron chi connectivity index (χ1n) is 6.43. The Balaban J connectivity index is 2.06. The van der Waals surface area contributed by atoms with E-state index in [0.717, 1.165) is 39.0 Å². The van der Waals surface area contributed by atoms with E-state index in [4.69, 9.17) is 4.74 Å². The number of hydrogen-bond acceptors (Lipinski definition) is 4. The van der Waals surface area contributed by atoms with Gasteiger partial charge in [0.1, 0.15) is 0 Å². The molecule has 1 unspecified atom stereocenters. The zero-order valence-corrected chi connectivity index (χ0v) is 11.4. The second kappa shape index (κ2) is 8.02. The highest BCUT2D eigenvalue weighted by atomic mass is 32.2. The molecule has 1 saturated heterocycles. The summed E-state index contributed by atoms with van der Waals surface area (Å²) < 4.78 is 31.2. The van der Waals surface area contributed by atoms with Crippen LogP contribution >= 0.6 is 0 Å². The van der Waals surface area contributed by atoms with Gasteiger partial charge in [-0.3, -0.25) is 0 Å². The van der Waals surface area contributed by atoms with Gasteiger partial charge in [0.15, 0.2) is 0 Å². The van der Waals surface area contributed by atoms with Crippen molar-refractivity contribution in [3.8, 4) is 0 Å². The van der Waals surface area contributed by atoms with Crippen molar-refractivity contribution in [3.05, 3.63) is 0 Å². The normalized spacial score (nSPS) is 20.9. The Labute approximate surface area is 104 Å². The first-order valence-corrected chi connectivity index (χ1v) is 8.09. The van der Waals surface area contributed by atoms with Gasteiger partial charge in [-0.05, 0) is 38.8 Å². The van der Waals surface area contributed by atoms with E-state index in [2.05, 4.69) is 10.0 Å². The van der Waals surface area contributed by atoms with Gasteiger partial charge in [-0.1, -0.05) is 6.92 Å². The highest BCUT2D eigenvalue weighted by Gasteiger charge is 2.16. The van der Waals surface area contributed by atoms with Gasteiger partial charge >= 0.3 is 0 Å². The fraction of sp³-hybridized carbons (Fsp3) is 1.00. The van der Waals surface area contributed by atoms with Gasteiger partial charge in [-0.25, -0.2) is 13.1 Å². The predicted molar refractivity (Wildman–Crippen MR) is 68.5 cm³/mol. The number of rotatable bonds is 9. The molecule has 6 heteroatoms. The molecular weight excluding hydrogens is 240 g/mol. The molecule has 0 saturated carbocycles. The summed E-state index contributed by atoms with van der Waals surface area (Å²) in [4.78, 5) is 0. The van der Waals surface area contributed by atoms with Crippen molar-refractivity contribution in [2.24, 2.45) is 0 Å². The van der Waals surface area contributed by atoms with Crippen LogP contribution in [0.2, 0.25) is 0 Å². The molecule has 1 aliphatic heterocycles. The molecule has 17 heavy (non-hydrogen) atoms. The van der Waals surface area contributed by atoms with Crippen LogP contribution in [0.15, 0.2) is 0 Å². The minimum atomic E-state index is -3.10. The standard InChI is InChI=1S/C11H24N2O3S/c1-2-12-7-4-10-17(14,15)13-8-6-11-5-3-9-16-11/h11-13H,2-10H2,1H3. The Morgan fingerprint density at radius 3 is 2.82 bits per heavy atom. The van der Waals surface area contributed by atoms with E-state index in [-0.39, 0.29) is 11.9 Å². The van der Waals surface area contributed by atoms with E-state index >= 15 is 0 Å². The summed E-state index contributed by atoms with van der Waals surface area (Å²) in [7, 11) is -3.10. The summed E-state index contributed by atoms with van der Waals surface area (Å²) >= 11 is 0. The lowest BCUT2D eigenvalue weighted by Gasteiger charge is -2.10. The van der Waals surface area contributed by atoms with Crippen LogP contribution in [0, 0.1) is 0 Å². The number of sulfonamides is 1. The van der Waals surface area contributed by atoms with E-state index in [1.165, 1.54) is 0 Å². The molecule has 0 amide bonds. The van der Waals surface area contributed by atoms with Gasteiger partial charge in [0.2, 0.25) is 10.0 Å². The van der Waals surface area contributed by atoms with Crippen molar-refractivity contribution in [1.82, 2.24) is 10.0 Å². The van der Waals surface area contributed by atoms with Crippen molar-refractivity contribution < 1.29 is 13.2 Å². The molecule has 1 fully saturated rings. The zero-order valence-electron chi connectivity index (χ0n) is 10.6. The predicted octanol–water partition coefficient (Wildman–Crippen LogP) is 0.475. The molecule has 102 valence electrons. The Morgan fingerprint density at radius 1 is 1.35 bits per heavy atom. The monoisotopic (exact) mass is 264 g/mol. The van der Waals surface area contributed by atoms with E-state index in [1.54, 1.807) is 0 Å². The Hall–Kier alpha value is -0.170. The molecule has 0 spiro atoms. The summed E-state index contributed by atoms with van der Waals surface area (Å²) in [6, 6.07) is 0. The smallest absolute Gasteiger partial charge is 0.211 e. The van der Waals surface area contributed by atoms with Crippen molar-refractivity contribution in [2.75, 3.05) is 32.0 Å². The maximum absolute atomic E-state index is 11.6. The minimum absolute atomic E-state index is 0.200. The summed E-state index contributed by atoms with van der Waals surface area (Å²) in [5.41, 5.74) is 0. The van der Waals surface area contributed by atoms with Crippen LogP contribution in [0.4, 0.5) is 0 Å². The second-order valence-corrected chi connectivity index (χ2v) is 6.27. The van der Waals surface area contributed by atoms with Crippen molar-refractivity contribution in [1.29, 1.82) is 0 Å². The summed E-state index contributed by atoms with van der Waals surface area (Å²) in [6.07, 6.45) is 3.84. The van der Waals surface area contributed by atoms with Crippen LogP contribution < -0.4 is 10.0 Å². The van der Waals surface area contributed by atoms with Crippen molar-refractivity contribution in [3.63, 3.8) is 0 Å². The highest BCUT2D eigenvalue weighted by molar-refractivity contribution is 7.89. The Morgan fingerprint density at radius 2 is 2.18 bits per heavy atom. The quantitative estimate of drug-likeness (QED) is 0.594. The van der Waals surface area contributed by atoms with E-state index in [9.17, 15) is 8.42 Å². The lowest BCUT2D eigenvalue weighted by molar-refractivity contribution is 0.105. The second-order valence-electron chi connectivity index (χ2n) is 4.34. The number of hydrogen-bond donors (Lipinski definition) is 2. The third-order valence-electron chi connectivity index (χ3n) is 2.83. The maximum atomic E-state index is 11.6. The van der Waals surface area contributed by atoms with Gasteiger partial charge < -0.3 is 10.1 Å². The van der Waals surface area contributed by atoms with Crippen LogP contribution in [0.25, 0.3) is 0 Å². The fourth-order valence-corrected chi connectivity index (χ4v) is 2.98. The molecule has 0 radical (unpaired) electrons. The molecule has 2 N–H and O–H groups in total. The lowest BCUT2D eigenvalue weighted by atomic mass is 10.2. The molecule has 0 bridgehead atoms. The average molecular weight is 264 g/mol. The lowest BCUT2D eigenvalue weighted by Crippen LogP contribution is -2.30. The molecule has 0 aromatic carbocycles. The molecule has 1 heterocycles. The molecule has 5 nitrogen and oxygen atoms in total.